The van der Waals surface area contributed by atoms with Crippen molar-refractivity contribution >= 4 is 13.6 Å². The van der Waals surface area contributed by atoms with Crippen LogP contribution in [0.5, 0.6) is 0 Å². The molecule has 0 amide bonds. The molecule has 0 saturated heterocycles. The van der Waals surface area contributed by atoms with Gasteiger partial charge in [-0.05, 0) is 0 Å². The van der Waals surface area contributed by atoms with Crippen LogP contribution in [0.15, 0.2) is 73.3 Å². The Morgan fingerprint density at radius 3 is 2.00 bits per heavy atom. The Morgan fingerprint density at radius 1 is 0.947 bits per heavy atom. The molecule has 1 unspecified atom stereocenters. The van der Waals surface area contributed by atoms with Crippen LogP contribution in [0.3, 0.4) is 0 Å². The summed E-state index contributed by atoms with van der Waals surface area (Å²) in [5.74, 6) is 0. The Balaban J connectivity index is 2.24. The number of benzene rings is 2. The van der Waals surface area contributed by atoms with Crippen molar-refractivity contribution in [2.75, 3.05) is 0 Å². The van der Waals surface area contributed by atoms with Crippen molar-refractivity contribution in [3.8, 4) is 0 Å². The molecule has 0 aliphatic carbocycles. The summed E-state index contributed by atoms with van der Waals surface area (Å²) in [4.78, 5) is 0. The van der Waals surface area contributed by atoms with Crippen LogP contribution in [0.4, 0.5) is 0 Å². The molecule has 1 atom stereocenters. The maximum absolute atomic E-state index is 4.09. The van der Waals surface area contributed by atoms with Gasteiger partial charge in [0.2, 0.25) is 0 Å². The molecule has 100 valence electrons. The number of hydrogen-bond acceptors (Lipinski definition) is 0. The molecule has 19 heavy (non-hydrogen) atoms. The minimum atomic E-state index is -1.99. The zero-order valence-electron chi connectivity index (χ0n) is 11.8. The summed E-state index contributed by atoms with van der Waals surface area (Å²) in [6, 6.07) is 21.7. The van der Waals surface area contributed by atoms with E-state index in [1.54, 1.807) is 0 Å². The molecule has 0 radical (unpaired) electrons. The van der Waals surface area contributed by atoms with E-state index in [0.29, 0.717) is 4.71 Å². The monoisotopic (exact) mass is 314 g/mol. The van der Waals surface area contributed by atoms with E-state index in [4.69, 9.17) is 0 Å². The van der Waals surface area contributed by atoms with E-state index in [1.807, 2.05) is 0 Å². The standard InChI is InChI=1S/C18H23As/c1-4-18(17-13-9-6-10-14-17)19(2,3)15-16-11-7-5-8-12-16/h4-14,18-19H,1,15H2,2-3H3. The topological polar surface area (TPSA) is 0 Å². The van der Waals surface area contributed by atoms with E-state index in [2.05, 4.69) is 84.7 Å². The molecular weight excluding hydrogens is 291 g/mol. The molecule has 0 nitrogen and oxygen atoms in total. The summed E-state index contributed by atoms with van der Waals surface area (Å²) in [5, 5.41) is 1.24. The van der Waals surface area contributed by atoms with Crippen LogP contribution in [0.25, 0.3) is 0 Å². The Hall–Kier alpha value is -1.26. The molecule has 0 aromatic heterocycles. The summed E-state index contributed by atoms with van der Waals surface area (Å²) in [6.07, 6.45) is 2.16. The summed E-state index contributed by atoms with van der Waals surface area (Å²) in [6.45, 7) is 4.09. The Kier molecular flexibility index (Phi) is 4.66. The van der Waals surface area contributed by atoms with Gasteiger partial charge in [0.15, 0.2) is 0 Å². The molecule has 0 aliphatic heterocycles. The molecule has 0 bridgehead atoms. The predicted octanol–water partition coefficient (Wildman–Crippen LogP) is 4.72. The quantitative estimate of drug-likeness (QED) is 0.553. The van der Waals surface area contributed by atoms with Crippen molar-refractivity contribution < 1.29 is 0 Å². The van der Waals surface area contributed by atoms with Crippen LogP contribution in [0.1, 0.15) is 15.8 Å². The molecule has 2 aromatic carbocycles. The Labute approximate surface area is 119 Å². The molecule has 0 aliphatic rings. The number of allylic oxidation sites excluding steroid dienone is 1. The van der Waals surface area contributed by atoms with Crippen molar-refractivity contribution in [3.05, 3.63) is 84.4 Å². The van der Waals surface area contributed by atoms with E-state index in [1.165, 1.54) is 16.3 Å². The van der Waals surface area contributed by atoms with E-state index >= 15 is 0 Å². The molecule has 0 saturated carbocycles. The SMILES string of the molecule is C=CC(c1ccccc1)[AsH](C)(C)Cc1ccccc1. The van der Waals surface area contributed by atoms with Gasteiger partial charge in [-0.3, -0.25) is 0 Å². The van der Waals surface area contributed by atoms with Gasteiger partial charge < -0.3 is 0 Å². The van der Waals surface area contributed by atoms with Gasteiger partial charge in [-0.25, -0.2) is 0 Å². The molecular formula is C18H23As. The third-order valence-electron chi connectivity index (χ3n) is 3.74. The molecule has 1 heteroatoms. The minimum absolute atomic E-state index is 0.557. The van der Waals surface area contributed by atoms with Crippen LogP contribution in [-0.4, -0.2) is 13.6 Å². The summed E-state index contributed by atoms with van der Waals surface area (Å²) in [7, 11) is 0. The second-order valence-corrected chi connectivity index (χ2v) is 16.2. The van der Waals surface area contributed by atoms with Crippen LogP contribution in [-0.2, 0) is 5.21 Å². The molecule has 2 rings (SSSR count). The summed E-state index contributed by atoms with van der Waals surface area (Å²) < 4.78 is 0.557. The van der Waals surface area contributed by atoms with Gasteiger partial charge >= 0.3 is 119 Å². The van der Waals surface area contributed by atoms with Crippen LogP contribution in [0, 0.1) is 0 Å². The summed E-state index contributed by atoms with van der Waals surface area (Å²) in [5.41, 5.74) is 7.91. The maximum atomic E-state index is 4.09. The second kappa shape index (κ2) is 6.26. The number of hydrogen-bond donors (Lipinski definition) is 0. The third-order valence-corrected chi connectivity index (χ3v) is 11.2. The first-order valence-corrected chi connectivity index (χ1v) is 13.7. The molecule has 0 fully saturated rings. The van der Waals surface area contributed by atoms with Crippen molar-refractivity contribution in [2.45, 2.75) is 21.3 Å². The second-order valence-electron chi connectivity index (χ2n) is 5.78. The van der Waals surface area contributed by atoms with Crippen molar-refractivity contribution in [1.29, 1.82) is 0 Å². The van der Waals surface area contributed by atoms with Crippen LogP contribution < -0.4 is 0 Å². The first-order chi connectivity index (χ1) is 9.13. The summed E-state index contributed by atoms with van der Waals surface area (Å²) >= 11 is -1.99. The fourth-order valence-corrected chi connectivity index (χ4v) is 9.60. The molecule has 0 N–H and O–H groups in total. The van der Waals surface area contributed by atoms with Gasteiger partial charge in [0.25, 0.3) is 0 Å². The molecule has 0 heterocycles. The Bertz CT molecular complexity index is 514. The van der Waals surface area contributed by atoms with Gasteiger partial charge in [-0.1, -0.05) is 0 Å². The van der Waals surface area contributed by atoms with Crippen molar-refractivity contribution in [2.24, 2.45) is 0 Å². The van der Waals surface area contributed by atoms with E-state index in [9.17, 15) is 0 Å². The zero-order valence-corrected chi connectivity index (χ0v) is 13.9. The predicted molar refractivity (Wildman–Crippen MR) is 88.4 cm³/mol. The van der Waals surface area contributed by atoms with Gasteiger partial charge in [-0.15, -0.1) is 0 Å². The van der Waals surface area contributed by atoms with Gasteiger partial charge in [0, 0.05) is 0 Å². The molecule has 0 spiro atoms. The van der Waals surface area contributed by atoms with Crippen molar-refractivity contribution in [3.63, 3.8) is 0 Å². The first-order valence-electron chi connectivity index (χ1n) is 6.85. The van der Waals surface area contributed by atoms with Crippen LogP contribution >= 0.6 is 0 Å². The fraction of sp³-hybridized carbons (Fsp3) is 0.222. The molecule has 2 aromatic rings. The third kappa shape index (κ3) is 3.61. The average Bonchev–Trinajstić information content (AvgIpc) is 2.41. The average molecular weight is 314 g/mol. The van der Waals surface area contributed by atoms with Gasteiger partial charge in [-0.2, -0.15) is 0 Å². The normalized spacial score (nSPS) is 13.8. The fourth-order valence-electron chi connectivity index (χ4n) is 2.80. The Morgan fingerprint density at radius 2 is 1.47 bits per heavy atom. The first kappa shape index (κ1) is 14.2. The van der Waals surface area contributed by atoms with E-state index < -0.39 is 13.6 Å². The van der Waals surface area contributed by atoms with Gasteiger partial charge in [0.05, 0.1) is 0 Å². The van der Waals surface area contributed by atoms with E-state index in [0.717, 1.165) is 0 Å². The number of rotatable bonds is 5. The van der Waals surface area contributed by atoms with Crippen molar-refractivity contribution in [1.82, 2.24) is 0 Å². The van der Waals surface area contributed by atoms with Crippen LogP contribution in [0.2, 0.25) is 11.4 Å². The van der Waals surface area contributed by atoms with E-state index in [-0.39, 0.29) is 0 Å². The van der Waals surface area contributed by atoms with Gasteiger partial charge in [0.1, 0.15) is 0 Å². The zero-order chi connectivity index (χ0) is 13.7.